The Hall–Kier alpha value is -2.96. The van der Waals surface area contributed by atoms with Crippen LogP contribution in [0.25, 0.3) is 11.1 Å². The molecule has 2 rings (SSSR count). The number of hydrogen-bond donors (Lipinski definition) is 1. The molecule has 0 aliphatic carbocycles. The van der Waals surface area contributed by atoms with Gasteiger partial charge in [-0.2, -0.15) is 0 Å². The highest BCUT2D eigenvalue weighted by atomic mass is 19.4. The maximum Gasteiger partial charge on any atom is 0.573 e. The lowest BCUT2D eigenvalue weighted by Gasteiger charge is -2.22. The quantitative estimate of drug-likeness (QED) is 0.584. The van der Waals surface area contributed by atoms with Crippen molar-refractivity contribution < 1.29 is 22.7 Å². The number of amides is 1. The van der Waals surface area contributed by atoms with Crippen LogP contribution in [-0.4, -0.2) is 19.8 Å². The number of nitrogens with zero attached hydrogens (tertiary/aromatic N) is 1. The van der Waals surface area contributed by atoms with E-state index in [0.717, 1.165) is 34.4 Å². The van der Waals surface area contributed by atoms with Gasteiger partial charge in [0.2, 0.25) is 6.41 Å². The van der Waals surface area contributed by atoms with Gasteiger partial charge in [0.05, 0.1) is 0 Å². The topological polar surface area (TPSA) is 41.6 Å². The lowest BCUT2D eigenvalue weighted by atomic mass is 9.95. The van der Waals surface area contributed by atoms with E-state index in [2.05, 4.69) is 17.0 Å². The zero-order valence-corrected chi connectivity index (χ0v) is 16.9. The summed E-state index contributed by atoms with van der Waals surface area (Å²) >= 11 is 0. The van der Waals surface area contributed by atoms with Crippen molar-refractivity contribution in [3.05, 3.63) is 59.3 Å². The van der Waals surface area contributed by atoms with Crippen molar-refractivity contribution in [1.29, 1.82) is 0 Å². The molecule has 2 aromatic rings. The number of anilines is 1. The van der Waals surface area contributed by atoms with E-state index in [1.54, 1.807) is 12.1 Å². The van der Waals surface area contributed by atoms with Crippen LogP contribution in [0, 0.1) is 6.92 Å². The number of hydrogen-bond acceptors (Lipinski definition) is 3. The minimum atomic E-state index is -4.72. The Balaban J connectivity index is 2.49. The van der Waals surface area contributed by atoms with Crippen LogP contribution < -0.4 is 15.0 Å². The molecule has 1 amide bonds. The summed E-state index contributed by atoms with van der Waals surface area (Å²) in [5.41, 5.74) is 5.66. The first-order valence-electron chi connectivity index (χ1n) is 9.21. The van der Waals surface area contributed by atoms with Crippen molar-refractivity contribution in [2.45, 2.75) is 40.1 Å². The van der Waals surface area contributed by atoms with Crippen molar-refractivity contribution in [3.8, 4) is 16.9 Å². The van der Waals surface area contributed by atoms with Crippen molar-refractivity contribution >= 4 is 12.1 Å². The van der Waals surface area contributed by atoms with E-state index in [1.165, 1.54) is 17.7 Å². The molecule has 1 N–H and O–H groups in total. The Morgan fingerprint density at radius 2 is 1.86 bits per heavy atom. The third-order valence-electron chi connectivity index (χ3n) is 4.58. The molecule has 7 heteroatoms. The Labute approximate surface area is 169 Å². The number of alkyl halides is 3. The van der Waals surface area contributed by atoms with E-state index in [1.807, 2.05) is 44.1 Å². The number of nitrogens with one attached hydrogen (secondary N) is 1. The molecule has 156 valence electrons. The normalized spacial score (nSPS) is 11.9. The summed E-state index contributed by atoms with van der Waals surface area (Å²) < 4.78 is 41.2. The lowest BCUT2D eigenvalue weighted by molar-refractivity contribution is -0.274. The first-order chi connectivity index (χ1) is 13.6. The molecule has 0 atom stereocenters. The molecule has 0 aromatic heterocycles. The summed E-state index contributed by atoms with van der Waals surface area (Å²) in [5.74, 6) is -0.267. The molecule has 0 spiro atoms. The van der Waals surface area contributed by atoms with Crippen LogP contribution in [0.1, 0.15) is 31.4 Å². The lowest BCUT2D eigenvalue weighted by Crippen LogP contribution is -2.17. The molecule has 29 heavy (non-hydrogen) atoms. The molecule has 0 heterocycles. The minimum Gasteiger partial charge on any atom is -0.406 e. The van der Waals surface area contributed by atoms with Gasteiger partial charge in [0.15, 0.2) is 0 Å². The predicted molar refractivity (Wildman–Crippen MR) is 109 cm³/mol. The molecule has 0 unspecified atom stereocenters. The van der Waals surface area contributed by atoms with Crippen LogP contribution in [0.3, 0.4) is 0 Å². The molecule has 0 saturated heterocycles. The zero-order chi connectivity index (χ0) is 21.6. The Bertz CT molecular complexity index is 875. The summed E-state index contributed by atoms with van der Waals surface area (Å²) in [4.78, 5) is 12.7. The fourth-order valence-corrected chi connectivity index (χ4v) is 3.01. The molecule has 0 aliphatic heterocycles. The molecule has 0 radical (unpaired) electrons. The number of carbonyl (C=O) groups excluding carboxylic acids is 1. The smallest absolute Gasteiger partial charge is 0.406 e. The van der Waals surface area contributed by atoms with Crippen molar-refractivity contribution in [2.24, 2.45) is 0 Å². The summed E-state index contributed by atoms with van der Waals surface area (Å²) in [6.45, 7) is 6.44. The number of benzene rings is 2. The molecule has 0 bridgehead atoms. The van der Waals surface area contributed by atoms with Gasteiger partial charge in [-0.25, -0.2) is 0 Å². The van der Waals surface area contributed by atoms with Crippen LogP contribution in [-0.2, 0) is 11.3 Å². The van der Waals surface area contributed by atoms with Crippen LogP contribution in [0.15, 0.2) is 48.2 Å². The van der Waals surface area contributed by atoms with Gasteiger partial charge in [-0.3, -0.25) is 4.79 Å². The van der Waals surface area contributed by atoms with E-state index in [9.17, 15) is 18.0 Å². The third-order valence-corrected chi connectivity index (χ3v) is 4.58. The second-order valence-electron chi connectivity index (χ2n) is 6.80. The van der Waals surface area contributed by atoms with Crippen LogP contribution in [0.2, 0.25) is 0 Å². The fourth-order valence-electron chi connectivity index (χ4n) is 3.01. The highest BCUT2D eigenvalue weighted by Gasteiger charge is 2.31. The van der Waals surface area contributed by atoms with E-state index >= 15 is 0 Å². The van der Waals surface area contributed by atoms with Crippen LogP contribution in [0.5, 0.6) is 5.75 Å². The second kappa shape index (κ2) is 9.49. The maximum atomic E-state index is 12.4. The summed E-state index contributed by atoms with van der Waals surface area (Å²) in [7, 11) is 1.95. The molecule has 0 aliphatic rings. The van der Waals surface area contributed by atoms with Gasteiger partial charge in [-0.1, -0.05) is 24.6 Å². The monoisotopic (exact) mass is 406 g/mol. The number of allylic oxidation sites excluding steroid dienone is 1. The maximum absolute atomic E-state index is 12.4. The molecular weight excluding hydrogens is 381 g/mol. The first-order valence-corrected chi connectivity index (χ1v) is 9.21. The van der Waals surface area contributed by atoms with Gasteiger partial charge in [-0.15, -0.1) is 13.2 Å². The molecule has 0 fully saturated rings. The average molecular weight is 406 g/mol. The molecular formula is C22H25F3N2O2. The van der Waals surface area contributed by atoms with E-state index in [-0.39, 0.29) is 5.75 Å². The van der Waals surface area contributed by atoms with Gasteiger partial charge in [0, 0.05) is 25.5 Å². The van der Waals surface area contributed by atoms with E-state index in [0.29, 0.717) is 13.0 Å². The van der Waals surface area contributed by atoms with E-state index < -0.39 is 6.36 Å². The van der Waals surface area contributed by atoms with Crippen LogP contribution >= 0.6 is 0 Å². The Kier molecular flexibility index (Phi) is 7.31. The van der Waals surface area contributed by atoms with Crippen LogP contribution in [0.4, 0.5) is 18.9 Å². The van der Waals surface area contributed by atoms with Gasteiger partial charge in [0.25, 0.3) is 0 Å². The van der Waals surface area contributed by atoms with Gasteiger partial charge in [-0.05, 0) is 66.8 Å². The molecule has 0 saturated carbocycles. The standard InChI is InChI=1S/C22H25F3N2O2/c1-5-15(2)13-27(4)21-11-17(12-26-14-28)10-20(16(21)3)18-6-8-19(9-7-18)29-22(23,24)25/h6-11,13-14H,5,12H2,1-4H3,(H,26,28)/b15-13+. The van der Waals surface area contributed by atoms with E-state index in [4.69, 9.17) is 0 Å². The Morgan fingerprint density at radius 1 is 1.21 bits per heavy atom. The number of carbonyl (C=O) groups is 1. The highest BCUT2D eigenvalue weighted by Crippen LogP contribution is 2.34. The highest BCUT2D eigenvalue weighted by molar-refractivity contribution is 5.76. The number of ether oxygens (including phenoxy) is 1. The average Bonchev–Trinajstić information content (AvgIpc) is 2.66. The first kappa shape index (κ1) is 22.3. The Morgan fingerprint density at radius 3 is 2.41 bits per heavy atom. The van der Waals surface area contributed by atoms with Gasteiger partial charge < -0.3 is 15.0 Å². The zero-order valence-electron chi connectivity index (χ0n) is 16.9. The predicted octanol–water partition coefficient (Wildman–Crippen LogP) is 5.56. The summed E-state index contributed by atoms with van der Waals surface area (Å²) in [6, 6.07) is 9.70. The summed E-state index contributed by atoms with van der Waals surface area (Å²) in [6.07, 6.45) is -1.13. The summed E-state index contributed by atoms with van der Waals surface area (Å²) in [5, 5.41) is 2.66. The minimum absolute atomic E-state index is 0.267. The number of halogens is 3. The SMILES string of the molecule is CC/C(C)=C/N(C)c1cc(CNC=O)cc(-c2ccc(OC(F)(F)F)cc2)c1C. The molecule has 4 nitrogen and oxygen atoms in total. The van der Waals surface area contributed by atoms with Crippen molar-refractivity contribution in [3.63, 3.8) is 0 Å². The van der Waals surface area contributed by atoms with Gasteiger partial charge >= 0.3 is 6.36 Å². The second-order valence-corrected chi connectivity index (χ2v) is 6.80. The number of rotatable bonds is 8. The third kappa shape index (κ3) is 6.27. The van der Waals surface area contributed by atoms with Gasteiger partial charge in [0.1, 0.15) is 5.75 Å². The van der Waals surface area contributed by atoms with Crippen molar-refractivity contribution in [1.82, 2.24) is 5.32 Å². The van der Waals surface area contributed by atoms with Crippen molar-refractivity contribution in [2.75, 3.05) is 11.9 Å². The fraction of sp³-hybridized carbons (Fsp3) is 0.318. The molecule has 2 aromatic carbocycles. The largest absolute Gasteiger partial charge is 0.573 e.